The largest absolute Gasteiger partial charge is 0.330 e. The third kappa shape index (κ3) is 4.26. The fraction of sp³-hybridized carbons (Fsp3) is 0.714. The minimum Gasteiger partial charge on any atom is -0.330 e. The van der Waals surface area contributed by atoms with Gasteiger partial charge >= 0.3 is 0 Å². The predicted molar refractivity (Wildman–Crippen MR) is 87.6 cm³/mol. The lowest BCUT2D eigenvalue weighted by Crippen LogP contribution is -2.48. The van der Waals surface area contributed by atoms with Crippen molar-refractivity contribution >= 4 is 21.5 Å². The van der Waals surface area contributed by atoms with Crippen LogP contribution in [-0.4, -0.2) is 38.9 Å². The number of nitrogens with two attached hydrogens (primary N) is 1. The molecule has 0 bridgehead atoms. The molecule has 0 atom stereocenters. The van der Waals surface area contributed by atoms with Crippen LogP contribution in [0.4, 0.5) is 0 Å². The lowest BCUT2D eigenvalue weighted by molar-refractivity contribution is 0.275. The second-order valence-electron chi connectivity index (χ2n) is 6.27. The van der Waals surface area contributed by atoms with Gasteiger partial charge in [-0.2, -0.15) is 12.7 Å². The molecule has 1 aliphatic rings. The molecule has 7 heteroatoms. The smallest absolute Gasteiger partial charge is 0.279 e. The van der Waals surface area contributed by atoms with E-state index in [1.54, 1.807) is 15.6 Å². The molecule has 0 aliphatic carbocycles. The second-order valence-corrected chi connectivity index (χ2v) is 8.97. The van der Waals surface area contributed by atoms with Crippen molar-refractivity contribution in [3.05, 3.63) is 22.4 Å². The summed E-state index contributed by atoms with van der Waals surface area (Å²) in [5.41, 5.74) is 5.45. The van der Waals surface area contributed by atoms with E-state index in [0.29, 0.717) is 32.1 Å². The van der Waals surface area contributed by atoms with E-state index in [9.17, 15) is 8.42 Å². The molecule has 0 saturated carbocycles. The molecule has 0 spiro atoms. The number of nitrogens with zero attached hydrogens (tertiary/aromatic N) is 1. The topological polar surface area (TPSA) is 75.4 Å². The second kappa shape index (κ2) is 6.75. The minimum atomic E-state index is -3.39. The maximum absolute atomic E-state index is 12.4. The van der Waals surface area contributed by atoms with Crippen molar-refractivity contribution in [2.75, 3.05) is 26.2 Å². The molecule has 120 valence electrons. The first-order chi connectivity index (χ1) is 9.85. The molecule has 0 unspecified atom stereocenters. The molecule has 21 heavy (non-hydrogen) atoms. The lowest BCUT2D eigenvalue weighted by atomic mass is 9.92. The van der Waals surface area contributed by atoms with E-state index < -0.39 is 10.2 Å². The Morgan fingerprint density at radius 2 is 2.10 bits per heavy atom. The number of piperidine rings is 1. The molecule has 0 radical (unpaired) electrons. The summed E-state index contributed by atoms with van der Waals surface area (Å²) < 4.78 is 29.1. The van der Waals surface area contributed by atoms with Gasteiger partial charge in [-0.1, -0.05) is 19.9 Å². The van der Waals surface area contributed by atoms with Crippen LogP contribution >= 0.6 is 11.3 Å². The highest BCUT2D eigenvalue weighted by atomic mass is 32.2. The summed E-state index contributed by atoms with van der Waals surface area (Å²) in [7, 11) is -3.39. The molecule has 1 aliphatic heterocycles. The Labute approximate surface area is 131 Å². The molecule has 0 amide bonds. The lowest BCUT2D eigenvalue weighted by Gasteiger charge is -2.32. The maximum atomic E-state index is 12.4. The van der Waals surface area contributed by atoms with Crippen LogP contribution in [0.25, 0.3) is 0 Å². The Balaban J connectivity index is 1.93. The van der Waals surface area contributed by atoms with Gasteiger partial charge in [-0.15, -0.1) is 11.3 Å². The average molecular weight is 332 g/mol. The highest BCUT2D eigenvalue weighted by Gasteiger charge is 2.30. The van der Waals surface area contributed by atoms with Crippen LogP contribution in [0.2, 0.25) is 0 Å². The van der Waals surface area contributed by atoms with Crippen LogP contribution in [0.5, 0.6) is 0 Å². The van der Waals surface area contributed by atoms with Crippen LogP contribution in [0.15, 0.2) is 17.5 Å². The van der Waals surface area contributed by atoms with Gasteiger partial charge in [0.15, 0.2) is 0 Å². The molecule has 1 aromatic heterocycles. The normalized spacial score (nSPS) is 19.0. The molecule has 1 saturated heterocycles. The summed E-state index contributed by atoms with van der Waals surface area (Å²) in [6.45, 7) is 6.30. The van der Waals surface area contributed by atoms with Gasteiger partial charge in [-0.05, 0) is 36.8 Å². The minimum absolute atomic E-state index is 0.198. The van der Waals surface area contributed by atoms with E-state index >= 15 is 0 Å². The van der Waals surface area contributed by atoms with E-state index in [4.69, 9.17) is 5.73 Å². The number of thiophene rings is 1. The zero-order chi connectivity index (χ0) is 15.5. The molecule has 1 aromatic rings. The van der Waals surface area contributed by atoms with E-state index in [2.05, 4.69) is 18.6 Å². The van der Waals surface area contributed by atoms with Gasteiger partial charge in [0.2, 0.25) is 0 Å². The zero-order valence-electron chi connectivity index (χ0n) is 12.7. The van der Waals surface area contributed by atoms with Gasteiger partial charge < -0.3 is 5.73 Å². The van der Waals surface area contributed by atoms with Crippen molar-refractivity contribution in [1.29, 1.82) is 0 Å². The Bertz CT molecular complexity index is 533. The van der Waals surface area contributed by atoms with Crippen molar-refractivity contribution in [3.63, 3.8) is 0 Å². The number of hydrogen-bond donors (Lipinski definition) is 2. The van der Waals surface area contributed by atoms with E-state index in [1.807, 2.05) is 17.5 Å². The fourth-order valence-electron chi connectivity index (χ4n) is 2.50. The van der Waals surface area contributed by atoms with Crippen molar-refractivity contribution in [1.82, 2.24) is 9.03 Å². The van der Waals surface area contributed by atoms with Crippen molar-refractivity contribution in [3.8, 4) is 0 Å². The van der Waals surface area contributed by atoms with Crippen LogP contribution in [0.3, 0.4) is 0 Å². The summed E-state index contributed by atoms with van der Waals surface area (Å²) in [6, 6.07) is 4.04. The summed E-state index contributed by atoms with van der Waals surface area (Å²) in [5, 5.41) is 2.02. The maximum Gasteiger partial charge on any atom is 0.279 e. The van der Waals surface area contributed by atoms with E-state index in [-0.39, 0.29) is 5.41 Å². The van der Waals surface area contributed by atoms with Crippen molar-refractivity contribution in [2.45, 2.75) is 32.1 Å². The standard InChI is InChI=1S/C14H25N3O2S2/c1-14(2,13-4-3-9-20-13)11-16-21(18,19)17-7-5-12(10-15)6-8-17/h3-4,9,12,16H,5-8,10-11,15H2,1-2H3. The van der Waals surface area contributed by atoms with Gasteiger partial charge in [0.1, 0.15) is 0 Å². The third-order valence-corrected chi connectivity index (χ3v) is 6.92. The van der Waals surface area contributed by atoms with Crippen LogP contribution < -0.4 is 10.5 Å². The van der Waals surface area contributed by atoms with Crippen LogP contribution in [0, 0.1) is 5.92 Å². The molecular formula is C14H25N3O2S2. The zero-order valence-corrected chi connectivity index (χ0v) is 14.3. The summed E-state index contributed by atoms with van der Waals surface area (Å²) >= 11 is 1.66. The fourth-order valence-corrected chi connectivity index (χ4v) is 4.77. The number of hydrogen-bond acceptors (Lipinski definition) is 4. The van der Waals surface area contributed by atoms with Gasteiger partial charge in [0.05, 0.1) is 0 Å². The Kier molecular flexibility index (Phi) is 5.43. The molecule has 5 nitrogen and oxygen atoms in total. The van der Waals surface area contributed by atoms with Crippen LogP contribution in [-0.2, 0) is 15.6 Å². The monoisotopic (exact) mass is 331 g/mol. The third-order valence-electron chi connectivity index (χ3n) is 4.13. The first kappa shape index (κ1) is 16.9. The van der Waals surface area contributed by atoms with Crippen molar-refractivity contribution < 1.29 is 8.42 Å². The van der Waals surface area contributed by atoms with Crippen molar-refractivity contribution in [2.24, 2.45) is 11.7 Å². The highest BCUT2D eigenvalue weighted by Crippen LogP contribution is 2.27. The summed E-state index contributed by atoms with van der Waals surface area (Å²) in [6.07, 6.45) is 1.71. The quantitative estimate of drug-likeness (QED) is 0.830. The van der Waals surface area contributed by atoms with Gasteiger partial charge in [0, 0.05) is 29.9 Å². The van der Waals surface area contributed by atoms with Gasteiger partial charge in [-0.3, -0.25) is 0 Å². The first-order valence-electron chi connectivity index (χ1n) is 7.34. The Morgan fingerprint density at radius 3 is 2.62 bits per heavy atom. The number of rotatable bonds is 6. The van der Waals surface area contributed by atoms with E-state index in [0.717, 1.165) is 12.8 Å². The van der Waals surface area contributed by atoms with Crippen LogP contribution in [0.1, 0.15) is 31.6 Å². The summed E-state index contributed by atoms with van der Waals surface area (Å²) in [5.74, 6) is 0.457. The van der Waals surface area contributed by atoms with Gasteiger partial charge in [0.25, 0.3) is 10.2 Å². The average Bonchev–Trinajstić information content (AvgIpc) is 3.01. The molecule has 0 aromatic carbocycles. The highest BCUT2D eigenvalue weighted by molar-refractivity contribution is 7.87. The van der Waals surface area contributed by atoms with E-state index in [1.165, 1.54) is 4.88 Å². The Morgan fingerprint density at radius 1 is 1.43 bits per heavy atom. The predicted octanol–water partition coefficient (Wildman–Crippen LogP) is 1.53. The molecule has 3 N–H and O–H groups in total. The number of nitrogens with one attached hydrogen (secondary N) is 1. The molecule has 1 fully saturated rings. The molecule has 2 heterocycles. The SMILES string of the molecule is CC(C)(CNS(=O)(=O)N1CCC(CN)CC1)c1cccs1. The summed E-state index contributed by atoms with van der Waals surface area (Å²) in [4.78, 5) is 1.19. The first-order valence-corrected chi connectivity index (χ1v) is 9.66. The van der Waals surface area contributed by atoms with Gasteiger partial charge in [-0.25, -0.2) is 4.72 Å². The molecular weight excluding hydrogens is 306 g/mol. The molecule has 2 rings (SSSR count). The Hall–Kier alpha value is -0.470.